The summed E-state index contributed by atoms with van der Waals surface area (Å²) in [5.41, 5.74) is 2.69. The summed E-state index contributed by atoms with van der Waals surface area (Å²) in [5, 5.41) is 2.84. The summed E-state index contributed by atoms with van der Waals surface area (Å²) in [7, 11) is 3.13. The monoisotopic (exact) mass is 439 g/mol. The Bertz CT molecular complexity index is 1040. The number of fused-ring (bicyclic) bond motifs is 1. The average molecular weight is 440 g/mol. The number of amides is 1. The molecule has 0 radical (unpaired) electrons. The Hall–Kier alpha value is -3.22. The summed E-state index contributed by atoms with van der Waals surface area (Å²) < 4.78 is 23.0. The van der Waals surface area contributed by atoms with Gasteiger partial charge in [-0.2, -0.15) is 0 Å². The van der Waals surface area contributed by atoms with E-state index in [9.17, 15) is 9.59 Å². The maximum Gasteiger partial charge on any atom is 0.315 e. The maximum atomic E-state index is 12.7. The molecule has 0 spiro atoms. The molecule has 2 aromatic carbocycles. The lowest BCUT2D eigenvalue weighted by molar-refractivity contribution is -0.156. The van der Waals surface area contributed by atoms with Gasteiger partial charge in [0.25, 0.3) is 5.91 Å². The van der Waals surface area contributed by atoms with Crippen LogP contribution in [0.1, 0.15) is 49.0 Å². The topological polar surface area (TPSA) is 83.1 Å². The van der Waals surface area contributed by atoms with Crippen molar-refractivity contribution < 1.29 is 28.5 Å². The number of carbonyl (C=O) groups excluding carboxylic acids is 2. The molecule has 7 nitrogen and oxygen atoms in total. The van der Waals surface area contributed by atoms with Gasteiger partial charge in [-0.15, -0.1) is 0 Å². The van der Waals surface area contributed by atoms with E-state index in [-0.39, 0.29) is 24.6 Å². The van der Waals surface area contributed by atoms with Gasteiger partial charge in [0.2, 0.25) is 5.75 Å². The van der Waals surface area contributed by atoms with Gasteiger partial charge in [0.15, 0.2) is 11.5 Å². The number of nitrogens with one attached hydrogen (secondary N) is 1. The van der Waals surface area contributed by atoms with Crippen molar-refractivity contribution in [2.75, 3.05) is 20.8 Å². The highest BCUT2D eigenvalue weighted by Crippen LogP contribution is 2.50. The highest BCUT2D eigenvalue weighted by molar-refractivity contribution is 5.99. The van der Waals surface area contributed by atoms with Crippen LogP contribution in [0.2, 0.25) is 0 Å². The first-order valence-electron chi connectivity index (χ1n) is 10.9. The largest absolute Gasteiger partial charge is 0.493 e. The minimum absolute atomic E-state index is 0.0640. The molecule has 1 N–H and O–H groups in total. The molecular formula is C25H29NO6. The summed E-state index contributed by atoms with van der Waals surface area (Å²) in [5.74, 6) is 1.23. The number of esters is 1. The molecule has 1 fully saturated rings. The van der Waals surface area contributed by atoms with Crippen molar-refractivity contribution in [2.45, 2.75) is 45.8 Å². The average Bonchev–Trinajstić information content (AvgIpc) is 3.53. The Morgan fingerprint density at radius 2 is 1.84 bits per heavy atom. The van der Waals surface area contributed by atoms with Crippen LogP contribution in [0, 0.1) is 5.41 Å². The van der Waals surface area contributed by atoms with E-state index in [1.54, 1.807) is 14.2 Å². The Labute approximate surface area is 188 Å². The zero-order valence-electron chi connectivity index (χ0n) is 18.9. The molecule has 170 valence electrons. The van der Waals surface area contributed by atoms with E-state index in [1.165, 1.54) is 0 Å². The summed E-state index contributed by atoms with van der Waals surface area (Å²) in [6.07, 6.45) is 2.11. The van der Waals surface area contributed by atoms with Crippen molar-refractivity contribution in [1.82, 2.24) is 5.32 Å². The van der Waals surface area contributed by atoms with Crippen LogP contribution in [-0.4, -0.2) is 38.8 Å². The minimum Gasteiger partial charge on any atom is -0.493 e. The van der Waals surface area contributed by atoms with Gasteiger partial charge in [-0.25, -0.2) is 0 Å². The first kappa shape index (κ1) is 22.0. The standard InChI is InChI=1S/C25H29NO6/c1-5-15(2)32-24(28)25(10-11-25)14-31-21-18(8-9-20(29-3)22(21)30-4)16-6-7-19-17(12-16)13-26-23(19)27/h6-9,12,15H,5,10-11,13-14H2,1-4H3,(H,26,27)/t15-/m0/s1. The number of carbonyl (C=O) groups is 2. The normalized spacial score (nSPS) is 16.6. The van der Waals surface area contributed by atoms with E-state index in [0.29, 0.717) is 29.4 Å². The Morgan fingerprint density at radius 3 is 2.50 bits per heavy atom. The first-order chi connectivity index (χ1) is 15.4. The highest BCUT2D eigenvalue weighted by atomic mass is 16.6. The Kier molecular flexibility index (Phi) is 6.00. The molecule has 0 aromatic heterocycles. The molecule has 32 heavy (non-hydrogen) atoms. The second-order valence-electron chi connectivity index (χ2n) is 8.43. The van der Waals surface area contributed by atoms with Crippen LogP contribution in [0.4, 0.5) is 0 Å². The van der Waals surface area contributed by atoms with E-state index >= 15 is 0 Å². The molecule has 1 aliphatic carbocycles. The molecule has 2 aliphatic rings. The smallest absolute Gasteiger partial charge is 0.315 e. The van der Waals surface area contributed by atoms with Crippen LogP contribution < -0.4 is 19.5 Å². The van der Waals surface area contributed by atoms with E-state index in [4.69, 9.17) is 18.9 Å². The van der Waals surface area contributed by atoms with Crippen LogP contribution in [0.5, 0.6) is 17.2 Å². The number of rotatable bonds is 9. The Balaban J connectivity index is 1.66. The van der Waals surface area contributed by atoms with Crippen LogP contribution >= 0.6 is 0 Å². The van der Waals surface area contributed by atoms with Crippen LogP contribution in [-0.2, 0) is 16.1 Å². The molecule has 1 saturated carbocycles. The van der Waals surface area contributed by atoms with Crippen LogP contribution in [0.15, 0.2) is 30.3 Å². The zero-order chi connectivity index (χ0) is 22.9. The molecule has 1 atom stereocenters. The van der Waals surface area contributed by atoms with Gasteiger partial charge in [-0.05, 0) is 61.6 Å². The molecule has 2 aromatic rings. The lowest BCUT2D eigenvalue weighted by Gasteiger charge is -2.22. The molecule has 0 saturated heterocycles. The summed E-state index contributed by atoms with van der Waals surface area (Å²) in [4.78, 5) is 24.6. The number of hydrogen-bond donors (Lipinski definition) is 1. The van der Waals surface area contributed by atoms with Gasteiger partial charge < -0.3 is 24.3 Å². The highest BCUT2D eigenvalue weighted by Gasteiger charge is 2.53. The molecule has 7 heteroatoms. The fourth-order valence-electron chi connectivity index (χ4n) is 3.83. The second kappa shape index (κ2) is 8.73. The first-order valence-corrected chi connectivity index (χ1v) is 10.9. The minimum atomic E-state index is -0.622. The summed E-state index contributed by atoms with van der Waals surface area (Å²) in [6.45, 7) is 4.58. The van der Waals surface area contributed by atoms with Crippen molar-refractivity contribution >= 4 is 11.9 Å². The molecule has 1 heterocycles. The zero-order valence-corrected chi connectivity index (χ0v) is 18.9. The van der Waals surface area contributed by atoms with Crippen molar-refractivity contribution in [3.63, 3.8) is 0 Å². The molecule has 0 bridgehead atoms. The predicted octanol–water partition coefficient (Wildman–Crippen LogP) is 4.11. The van der Waals surface area contributed by atoms with Crippen molar-refractivity contribution in [2.24, 2.45) is 5.41 Å². The fourth-order valence-corrected chi connectivity index (χ4v) is 3.83. The number of benzene rings is 2. The SMILES string of the molecule is CC[C@H](C)OC(=O)C1(COc2c(-c3ccc4c(c3)CNC4=O)ccc(OC)c2OC)CC1. The number of methoxy groups -OCH3 is 2. The summed E-state index contributed by atoms with van der Waals surface area (Å²) in [6, 6.07) is 9.41. The number of ether oxygens (including phenoxy) is 4. The van der Waals surface area contributed by atoms with Gasteiger partial charge >= 0.3 is 5.97 Å². The van der Waals surface area contributed by atoms with E-state index in [1.807, 2.05) is 44.2 Å². The lowest BCUT2D eigenvalue weighted by Crippen LogP contribution is -2.28. The van der Waals surface area contributed by atoms with Gasteiger partial charge in [0.1, 0.15) is 12.0 Å². The van der Waals surface area contributed by atoms with Crippen molar-refractivity contribution in [3.05, 3.63) is 41.5 Å². The molecule has 1 aliphatic heterocycles. The quantitative estimate of drug-likeness (QED) is 0.592. The Morgan fingerprint density at radius 1 is 1.09 bits per heavy atom. The predicted molar refractivity (Wildman–Crippen MR) is 119 cm³/mol. The van der Waals surface area contributed by atoms with Gasteiger partial charge in [-0.3, -0.25) is 9.59 Å². The second-order valence-corrected chi connectivity index (χ2v) is 8.43. The van der Waals surface area contributed by atoms with Crippen LogP contribution in [0.25, 0.3) is 11.1 Å². The molecule has 1 amide bonds. The fraction of sp³-hybridized carbons (Fsp3) is 0.440. The van der Waals surface area contributed by atoms with Crippen molar-refractivity contribution in [1.29, 1.82) is 0 Å². The lowest BCUT2D eigenvalue weighted by atomic mass is 9.99. The van der Waals surface area contributed by atoms with E-state index in [0.717, 1.165) is 36.0 Å². The third-order valence-electron chi connectivity index (χ3n) is 6.26. The summed E-state index contributed by atoms with van der Waals surface area (Å²) >= 11 is 0. The third kappa shape index (κ3) is 3.99. The molecular weight excluding hydrogens is 410 g/mol. The van der Waals surface area contributed by atoms with E-state index < -0.39 is 5.41 Å². The maximum absolute atomic E-state index is 12.7. The van der Waals surface area contributed by atoms with E-state index in [2.05, 4.69) is 5.32 Å². The third-order valence-corrected chi connectivity index (χ3v) is 6.26. The van der Waals surface area contributed by atoms with Crippen molar-refractivity contribution in [3.8, 4) is 28.4 Å². The van der Waals surface area contributed by atoms with Gasteiger partial charge in [-0.1, -0.05) is 13.0 Å². The van der Waals surface area contributed by atoms with Crippen LogP contribution in [0.3, 0.4) is 0 Å². The van der Waals surface area contributed by atoms with Gasteiger partial charge in [0.05, 0.1) is 20.3 Å². The molecule has 4 rings (SSSR count). The number of hydrogen-bond acceptors (Lipinski definition) is 6. The molecule has 0 unspecified atom stereocenters. The van der Waals surface area contributed by atoms with Gasteiger partial charge in [0, 0.05) is 17.7 Å².